The number of rotatable bonds is 5. The zero-order valence-corrected chi connectivity index (χ0v) is 12.4. The molecule has 2 aromatic rings. The third-order valence-corrected chi connectivity index (χ3v) is 3.34. The summed E-state index contributed by atoms with van der Waals surface area (Å²) < 4.78 is 6.27. The fraction of sp³-hybridized carbons (Fsp3) is 0.133. The second-order valence-corrected chi connectivity index (χ2v) is 5.02. The van der Waals surface area contributed by atoms with Crippen LogP contribution in [-0.4, -0.2) is 12.5 Å². The van der Waals surface area contributed by atoms with Gasteiger partial charge in [-0.25, -0.2) is 0 Å². The summed E-state index contributed by atoms with van der Waals surface area (Å²) in [6, 6.07) is 14.8. The highest BCUT2D eigenvalue weighted by atomic mass is 79.9. The first-order valence-corrected chi connectivity index (χ1v) is 6.94. The van der Waals surface area contributed by atoms with Gasteiger partial charge in [0, 0.05) is 11.0 Å². The van der Waals surface area contributed by atoms with Gasteiger partial charge in [0.25, 0.3) is 5.91 Å². The molecule has 0 aliphatic heterocycles. The Labute approximate surface area is 126 Å². The summed E-state index contributed by atoms with van der Waals surface area (Å²) in [6.07, 6.45) is 0. The average Bonchev–Trinajstić information content (AvgIpc) is 2.48. The van der Waals surface area contributed by atoms with E-state index in [1.54, 1.807) is 6.07 Å². The number of hydrogen-bond donors (Lipinski definition) is 2. The molecule has 1 amide bonds. The number of benzene rings is 2. The van der Waals surface area contributed by atoms with E-state index in [0.717, 1.165) is 15.7 Å². The van der Waals surface area contributed by atoms with Crippen LogP contribution in [0.4, 0.5) is 5.69 Å². The molecular weight excluding hydrogens is 320 g/mol. The van der Waals surface area contributed by atoms with Crippen molar-refractivity contribution in [2.24, 2.45) is 5.73 Å². The molecule has 0 aliphatic rings. The van der Waals surface area contributed by atoms with Gasteiger partial charge in [0.15, 0.2) is 6.61 Å². The maximum atomic E-state index is 11.8. The SMILES string of the molecule is NCc1cccc(OCC(=O)Nc2ccccc2Br)c1. The first-order chi connectivity index (χ1) is 9.69. The third kappa shape index (κ3) is 4.08. The molecule has 3 N–H and O–H groups in total. The lowest BCUT2D eigenvalue weighted by atomic mass is 10.2. The van der Waals surface area contributed by atoms with Crippen LogP contribution in [0.3, 0.4) is 0 Å². The molecule has 2 rings (SSSR count). The molecule has 0 radical (unpaired) electrons. The van der Waals surface area contributed by atoms with Gasteiger partial charge in [-0.15, -0.1) is 0 Å². The summed E-state index contributed by atoms with van der Waals surface area (Å²) in [7, 11) is 0. The summed E-state index contributed by atoms with van der Waals surface area (Å²) in [6.45, 7) is 0.399. The van der Waals surface area contributed by atoms with Crippen molar-refractivity contribution in [1.29, 1.82) is 0 Å². The topological polar surface area (TPSA) is 64.3 Å². The highest BCUT2D eigenvalue weighted by Gasteiger charge is 2.06. The lowest BCUT2D eigenvalue weighted by Crippen LogP contribution is -2.20. The standard InChI is InChI=1S/C15H15BrN2O2/c16-13-6-1-2-7-14(13)18-15(19)10-20-12-5-3-4-11(8-12)9-17/h1-8H,9-10,17H2,(H,18,19). The smallest absolute Gasteiger partial charge is 0.262 e. The van der Waals surface area contributed by atoms with Crippen molar-refractivity contribution >= 4 is 27.5 Å². The maximum Gasteiger partial charge on any atom is 0.262 e. The van der Waals surface area contributed by atoms with E-state index in [1.165, 1.54) is 0 Å². The largest absolute Gasteiger partial charge is 0.484 e. The van der Waals surface area contributed by atoms with Crippen LogP contribution in [0.1, 0.15) is 5.56 Å². The van der Waals surface area contributed by atoms with E-state index in [2.05, 4.69) is 21.2 Å². The van der Waals surface area contributed by atoms with E-state index >= 15 is 0 Å². The second-order valence-electron chi connectivity index (χ2n) is 4.17. The fourth-order valence-corrected chi connectivity index (χ4v) is 2.04. The van der Waals surface area contributed by atoms with Gasteiger partial charge in [-0.3, -0.25) is 4.79 Å². The molecule has 0 unspecified atom stereocenters. The van der Waals surface area contributed by atoms with Crippen LogP contribution in [-0.2, 0) is 11.3 Å². The van der Waals surface area contributed by atoms with Gasteiger partial charge in [-0.05, 0) is 45.8 Å². The molecule has 0 saturated carbocycles. The van der Waals surface area contributed by atoms with E-state index < -0.39 is 0 Å². The van der Waals surface area contributed by atoms with Gasteiger partial charge >= 0.3 is 0 Å². The van der Waals surface area contributed by atoms with Crippen LogP contribution < -0.4 is 15.8 Å². The lowest BCUT2D eigenvalue weighted by molar-refractivity contribution is -0.118. The number of carbonyl (C=O) groups is 1. The number of anilines is 1. The Balaban J connectivity index is 1.90. The Morgan fingerprint density at radius 3 is 2.75 bits per heavy atom. The molecule has 20 heavy (non-hydrogen) atoms. The van der Waals surface area contributed by atoms with Crippen LogP contribution in [0.5, 0.6) is 5.75 Å². The lowest BCUT2D eigenvalue weighted by Gasteiger charge is -2.09. The van der Waals surface area contributed by atoms with Crippen LogP contribution in [0, 0.1) is 0 Å². The normalized spacial score (nSPS) is 10.1. The Kier molecular flexibility index (Phi) is 5.15. The van der Waals surface area contributed by atoms with Gasteiger partial charge in [0.05, 0.1) is 5.69 Å². The fourth-order valence-electron chi connectivity index (χ4n) is 1.66. The summed E-state index contributed by atoms with van der Waals surface area (Å²) in [5.74, 6) is 0.422. The van der Waals surface area contributed by atoms with Crippen LogP contribution in [0.2, 0.25) is 0 Å². The van der Waals surface area contributed by atoms with Crippen molar-refractivity contribution < 1.29 is 9.53 Å². The van der Waals surface area contributed by atoms with E-state index in [-0.39, 0.29) is 12.5 Å². The zero-order valence-electron chi connectivity index (χ0n) is 10.8. The van der Waals surface area contributed by atoms with Gasteiger partial charge in [0.1, 0.15) is 5.75 Å². The Morgan fingerprint density at radius 1 is 1.20 bits per heavy atom. The first kappa shape index (κ1) is 14.6. The van der Waals surface area contributed by atoms with Gasteiger partial charge in [-0.2, -0.15) is 0 Å². The minimum atomic E-state index is -0.213. The highest BCUT2D eigenvalue weighted by Crippen LogP contribution is 2.21. The molecule has 2 aromatic carbocycles. The molecule has 0 heterocycles. The van der Waals surface area contributed by atoms with Crippen molar-refractivity contribution in [1.82, 2.24) is 0 Å². The van der Waals surface area contributed by atoms with Crippen molar-refractivity contribution in [2.75, 3.05) is 11.9 Å². The van der Waals surface area contributed by atoms with Crippen LogP contribution >= 0.6 is 15.9 Å². The van der Waals surface area contributed by atoms with Gasteiger partial charge < -0.3 is 15.8 Å². The molecule has 5 heteroatoms. The molecule has 0 aromatic heterocycles. The Morgan fingerprint density at radius 2 is 2.00 bits per heavy atom. The van der Waals surface area contributed by atoms with Gasteiger partial charge in [-0.1, -0.05) is 24.3 Å². The summed E-state index contributed by atoms with van der Waals surface area (Å²) in [4.78, 5) is 11.8. The molecule has 4 nitrogen and oxygen atoms in total. The monoisotopic (exact) mass is 334 g/mol. The zero-order chi connectivity index (χ0) is 14.4. The number of para-hydroxylation sites is 1. The number of amides is 1. The molecule has 0 fully saturated rings. The maximum absolute atomic E-state index is 11.8. The summed E-state index contributed by atoms with van der Waals surface area (Å²) >= 11 is 3.37. The molecule has 104 valence electrons. The van der Waals surface area contributed by atoms with Gasteiger partial charge in [0.2, 0.25) is 0 Å². The number of ether oxygens (including phenoxy) is 1. The second kappa shape index (κ2) is 7.07. The number of hydrogen-bond acceptors (Lipinski definition) is 3. The number of carbonyl (C=O) groups excluding carboxylic acids is 1. The van der Waals surface area contributed by atoms with E-state index in [1.807, 2.05) is 42.5 Å². The van der Waals surface area contributed by atoms with Crippen molar-refractivity contribution in [2.45, 2.75) is 6.54 Å². The molecule has 0 atom stereocenters. The van der Waals surface area contributed by atoms with E-state index in [4.69, 9.17) is 10.5 Å². The molecule has 0 bridgehead atoms. The number of halogens is 1. The Hall–Kier alpha value is -1.85. The highest BCUT2D eigenvalue weighted by molar-refractivity contribution is 9.10. The van der Waals surface area contributed by atoms with Crippen LogP contribution in [0.25, 0.3) is 0 Å². The Bertz CT molecular complexity index is 602. The van der Waals surface area contributed by atoms with Crippen LogP contribution in [0.15, 0.2) is 53.0 Å². The third-order valence-electron chi connectivity index (χ3n) is 2.65. The predicted molar refractivity (Wildman–Crippen MR) is 82.6 cm³/mol. The molecular formula is C15H15BrN2O2. The van der Waals surface area contributed by atoms with Crippen molar-refractivity contribution in [3.05, 3.63) is 58.6 Å². The summed E-state index contributed by atoms with van der Waals surface area (Å²) in [5.41, 5.74) is 7.24. The molecule has 0 aliphatic carbocycles. The van der Waals surface area contributed by atoms with E-state index in [9.17, 15) is 4.79 Å². The number of nitrogens with two attached hydrogens (primary N) is 1. The average molecular weight is 335 g/mol. The first-order valence-electron chi connectivity index (χ1n) is 6.15. The minimum absolute atomic E-state index is 0.0463. The number of nitrogens with one attached hydrogen (secondary N) is 1. The minimum Gasteiger partial charge on any atom is -0.484 e. The molecule has 0 saturated heterocycles. The summed E-state index contributed by atoms with van der Waals surface area (Å²) in [5, 5.41) is 2.77. The quantitative estimate of drug-likeness (QED) is 0.883. The van der Waals surface area contributed by atoms with Crippen molar-refractivity contribution in [3.63, 3.8) is 0 Å². The predicted octanol–water partition coefficient (Wildman–Crippen LogP) is 2.93. The van der Waals surface area contributed by atoms with Crippen molar-refractivity contribution in [3.8, 4) is 5.75 Å². The molecule has 0 spiro atoms. The van der Waals surface area contributed by atoms with E-state index in [0.29, 0.717) is 12.3 Å².